The van der Waals surface area contributed by atoms with Crippen molar-refractivity contribution in [3.63, 3.8) is 0 Å². The van der Waals surface area contributed by atoms with Crippen molar-refractivity contribution < 1.29 is 18.7 Å². The topological polar surface area (TPSA) is 123 Å². The van der Waals surface area contributed by atoms with E-state index in [9.17, 15) is 14.0 Å². The number of hydrogen-bond donors (Lipinski definition) is 3. The zero-order valence-electron chi connectivity index (χ0n) is 18.1. The zero-order chi connectivity index (χ0) is 23.8. The number of benzene rings is 2. The maximum atomic E-state index is 14.2. The summed E-state index contributed by atoms with van der Waals surface area (Å²) in [6.07, 6.45) is 2.01. The van der Waals surface area contributed by atoms with Crippen LogP contribution in [-0.4, -0.2) is 46.5 Å². The molecule has 0 fully saturated rings. The van der Waals surface area contributed by atoms with Crippen molar-refractivity contribution in [2.75, 3.05) is 13.2 Å². The van der Waals surface area contributed by atoms with Crippen molar-refractivity contribution in [3.8, 4) is 11.1 Å². The Kier molecular flexibility index (Phi) is 8.51. The number of halogens is 2. The summed E-state index contributed by atoms with van der Waals surface area (Å²) in [7, 11) is 0. The highest BCUT2D eigenvalue weighted by atomic mass is 35.5. The average molecular weight is 474 g/mol. The second-order valence-electron chi connectivity index (χ2n) is 7.47. The maximum Gasteiger partial charge on any atom is 0.310 e. The molecule has 0 spiro atoms. The molecule has 10 heteroatoms. The number of ether oxygens (including phenoxy) is 1. The zero-order valence-corrected chi connectivity index (χ0v) is 18.8. The first-order valence-electron chi connectivity index (χ1n) is 10.5. The Morgan fingerprint density at radius 2 is 2.00 bits per heavy atom. The number of rotatable bonds is 10. The minimum absolute atomic E-state index is 0.0855. The van der Waals surface area contributed by atoms with Crippen LogP contribution in [0, 0.1) is 11.7 Å². The van der Waals surface area contributed by atoms with E-state index >= 15 is 0 Å². The van der Waals surface area contributed by atoms with Gasteiger partial charge in [-0.1, -0.05) is 35.9 Å². The largest absolute Gasteiger partial charge is 0.466 e. The van der Waals surface area contributed by atoms with E-state index in [2.05, 4.69) is 20.7 Å². The van der Waals surface area contributed by atoms with Crippen LogP contribution in [0.1, 0.15) is 29.4 Å². The van der Waals surface area contributed by atoms with Gasteiger partial charge in [0.05, 0.1) is 18.7 Å². The smallest absolute Gasteiger partial charge is 0.310 e. The van der Waals surface area contributed by atoms with Gasteiger partial charge in [0.2, 0.25) is 0 Å². The summed E-state index contributed by atoms with van der Waals surface area (Å²) in [6.45, 7) is 2.05. The van der Waals surface area contributed by atoms with Crippen molar-refractivity contribution in [2.45, 2.75) is 25.8 Å². The second-order valence-corrected chi connectivity index (χ2v) is 7.91. The third-order valence-electron chi connectivity index (χ3n) is 5.13. The number of nitrogens with zero attached hydrogens (tertiary/aromatic N) is 2. The highest BCUT2D eigenvalue weighted by Crippen LogP contribution is 2.26. The molecule has 3 rings (SSSR count). The van der Waals surface area contributed by atoms with Gasteiger partial charge in [-0.25, -0.2) is 4.39 Å². The number of nitrogens with two attached hydrogens (primary N) is 1. The third-order valence-corrected chi connectivity index (χ3v) is 5.37. The van der Waals surface area contributed by atoms with E-state index in [-0.39, 0.29) is 31.1 Å². The van der Waals surface area contributed by atoms with Gasteiger partial charge in [-0.2, -0.15) is 15.4 Å². The highest BCUT2D eigenvalue weighted by Gasteiger charge is 2.25. The van der Waals surface area contributed by atoms with Gasteiger partial charge in [0.15, 0.2) is 5.69 Å². The van der Waals surface area contributed by atoms with Gasteiger partial charge in [0.25, 0.3) is 5.91 Å². The van der Waals surface area contributed by atoms with E-state index in [0.717, 1.165) is 5.56 Å². The molecule has 174 valence electrons. The van der Waals surface area contributed by atoms with E-state index in [1.54, 1.807) is 25.1 Å². The molecule has 0 aliphatic heterocycles. The highest BCUT2D eigenvalue weighted by molar-refractivity contribution is 6.30. The standard InChI is InChI=1S/C23H25ClFN5O3/c1-2-33-23(32)16(12-26)10-18(28-22(31)21-13-27-30-29-21)9-14-3-5-15(6-4-14)19-11-17(24)7-8-20(19)25/h3-8,11,13,16,18H,2,9-10,12,26H2,1H3,(H,28,31)(H,27,29,30)/t16-,18+/m0/s1. The maximum absolute atomic E-state index is 14.2. The molecule has 2 atom stereocenters. The number of nitrogens with one attached hydrogen (secondary N) is 2. The van der Waals surface area contributed by atoms with Gasteiger partial charge in [-0.05, 0) is 49.1 Å². The lowest BCUT2D eigenvalue weighted by Gasteiger charge is -2.23. The second kappa shape index (κ2) is 11.5. The van der Waals surface area contributed by atoms with Gasteiger partial charge in [0.1, 0.15) is 5.82 Å². The van der Waals surface area contributed by atoms with Crippen LogP contribution < -0.4 is 11.1 Å². The molecule has 0 bridgehead atoms. The first-order chi connectivity index (χ1) is 15.9. The van der Waals surface area contributed by atoms with Gasteiger partial charge >= 0.3 is 5.97 Å². The van der Waals surface area contributed by atoms with Crippen LogP contribution in [0.4, 0.5) is 4.39 Å². The van der Waals surface area contributed by atoms with Crippen LogP contribution in [0.2, 0.25) is 5.02 Å². The van der Waals surface area contributed by atoms with Crippen LogP contribution in [0.3, 0.4) is 0 Å². The molecule has 4 N–H and O–H groups in total. The monoisotopic (exact) mass is 473 g/mol. The fourth-order valence-corrected chi connectivity index (χ4v) is 3.65. The van der Waals surface area contributed by atoms with Crippen LogP contribution in [0.5, 0.6) is 0 Å². The van der Waals surface area contributed by atoms with Crippen molar-refractivity contribution in [1.29, 1.82) is 0 Å². The van der Waals surface area contributed by atoms with Gasteiger partial charge in [-0.3, -0.25) is 9.59 Å². The van der Waals surface area contributed by atoms with Crippen LogP contribution in [0.15, 0.2) is 48.7 Å². The van der Waals surface area contributed by atoms with E-state index < -0.39 is 23.8 Å². The van der Waals surface area contributed by atoms with Crippen LogP contribution >= 0.6 is 11.6 Å². The molecule has 8 nitrogen and oxygen atoms in total. The Labute approximate surface area is 195 Å². The van der Waals surface area contributed by atoms with Crippen LogP contribution in [0.25, 0.3) is 11.1 Å². The first-order valence-corrected chi connectivity index (χ1v) is 10.9. The third kappa shape index (κ3) is 6.59. The number of esters is 1. The predicted molar refractivity (Wildman–Crippen MR) is 122 cm³/mol. The minimum Gasteiger partial charge on any atom is -0.466 e. The summed E-state index contributed by atoms with van der Waals surface area (Å²) in [6, 6.07) is 11.2. The molecule has 0 aliphatic carbocycles. The Morgan fingerprint density at radius 1 is 1.24 bits per heavy atom. The summed E-state index contributed by atoms with van der Waals surface area (Å²) < 4.78 is 19.3. The molecular weight excluding hydrogens is 449 g/mol. The molecule has 0 aliphatic rings. The first kappa shape index (κ1) is 24.3. The van der Waals surface area contributed by atoms with Crippen molar-refractivity contribution >= 4 is 23.5 Å². The van der Waals surface area contributed by atoms with E-state index in [1.807, 2.05) is 12.1 Å². The van der Waals surface area contributed by atoms with Gasteiger partial charge in [-0.15, -0.1) is 0 Å². The van der Waals surface area contributed by atoms with Crippen molar-refractivity contribution in [1.82, 2.24) is 20.7 Å². The lowest BCUT2D eigenvalue weighted by molar-refractivity contribution is -0.148. The Balaban J connectivity index is 1.78. The summed E-state index contributed by atoms with van der Waals surface area (Å²) in [5.41, 5.74) is 7.88. The number of carbonyl (C=O) groups excluding carboxylic acids is 2. The molecule has 0 saturated heterocycles. The number of hydrogen-bond acceptors (Lipinski definition) is 6. The molecule has 33 heavy (non-hydrogen) atoms. The number of aromatic nitrogens is 3. The molecule has 1 amide bonds. The van der Waals surface area contributed by atoms with Gasteiger partial charge < -0.3 is 15.8 Å². The Morgan fingerprint density at radius 3 is 2.64 bits per heavy atom. The normalized spacial score (nSPS) is 12.7. The molecule has 1 aromatic heterocycles. The summed E-state index contributed by atoms with van der Waals surface area (Å²) in [4.78, 5) is 24.8. The number of H-pyrrole nitrogens is 1. The summed E-state index contributed by atoms with van der Waals surface area (Å²) >= 11 is 6.00. The number of aromatic amines is 1. The van der Waals surface area contributed by atoms with E-state index in [0.29, 0.717) is 22.6 Å². The Bertz CT molecular complexity index is 1080. The molecule has 0 radical (unpaired) electrons. The quantitative estimate of drug-likeness (QED) is 0.389. The summed E-state index contributed by atoms with van der Waals surface area (Å²) in [5.74, 6) is -1.78. The fourth-order valence-electron chi connectivity index (χ4n) is 3.48. The predicted octanol–water partition coefficient (Wildman–Crippen LogP) is 3.13. The van der Waals surface area contributed by atoms with Gasteiger partial charge in [0, 0.05) is 23.2 Å². The average Bonchev–Trinajstić information content (AvgIpc) is 3.35. The number of amides is 1. The number of carbonyl (C=O) groups is 2. The Hall–Kier alpha value is -3.30. The SMILES string of the molecule is CCOC(=O)[C@H](CN)C[C@@H](Cc1ccc(-c2cc(Cl)ccc2F)cc1)NC(=O)c1cn[nH]n1. The fraction of sp³-hybridized carbons (Fsp3) is 0.304. The van der Waals surface area contributed by atoms with Crippen LogP contribution in [-0.2, 0) is 16.0 Å². The molecule has 1 heterocycles. The van der Waals surface area contributed by atoms with Crippen molar-refractivity contribution in [2.24, 2.45) is 11.7 Å². The molecule has 0 saturated carbocycles. The lowest BCUT2D eigenvalue weighted by atomic mass is 9.93. The minimum atomic E-state index is -0.576. The molecular formula is C23H25ClFN5O3. The molecule has 2 aromatic carbocycles. The molecule has 3 aromatic rings. The van der Waals surface area contributed by atoms with E-state index in [1.165, 1.54) is 18.3 Å². The van der Waals surface area contributed by atoms with E-state index in [4.69, 9.17) is 22.1 Å². The van der Waals surface area contributed by atoms with Crippen molar-refractivity contribution in [3.05, 3.63) is 70.8 Å². The summed E-state index contributed by atoms with van der Waals surface area (Å²) in [5, 5.41) is 13.2. The molecule has 0 unspecified atom stereocenters. The lowest BCUT2D eigenvalue weighted by Crippen LogP contribution is -2.41.